The topological polar surface area (TPSA) is 37.8 Å². The van der Waals surface area contributed by atoms with Gasteiger partial charge in [-0.3, -0.25) is 4.98 Å². The van der Waals surface area contributed by atoms with E-state index in [1.165, 1.54) is 12.5 Å². The van der Waals surface area contributed by atoms with Gasteiger partial charge in [0.15, 0.2) is 0 Å². The number of nitrogens with zero attached hydrogens (tertiary/aromatic N) is 2. The Morgan fingerprint density at radius 2 is 1.71 bits per heavy atom. The molecule has 0 aliphatic heterocycles. The van der Waals surface area contributed by atoms with Gasteiger partial charge in [-0.2, -0.15) is 0 Å². The highest BCUT2D eigenvalue weighted by atomic mass is 127. The minimum absolute atomic E-state index is 0.485. The first kappa shape index (κ1) is 18.9. The molecule has 120 valence electrons. The van der Waals surface area contributed by atoms with Crippen LogP contribution in [0.4, 0.5) is 5.82 Å². The van der Waals surface area contributed by atoms with E-state index in [9.17, 15) is 0 Å². The van der Waals surface area contributed by atoms with Gasteiger partial charge in [0.25, 0.3) is 0 Å². The molecular weight excluding hydrogens is 389 g/mol. The van der Waals surface area contributed by atoms with E-state index in [0.29, 0.717) is 10.1 Å². The predicted molar refractivity (Wildman–Crippen MR) is 104 cm³/mol. The Morgan fingerprint density at radius 3 is 2.24 bits per heavy atom. The molecule has 0 aliphatic carbocycles. The first-order valence-corrected chi connectivity index (χ1v) is 11.2. The van der Waals surface area contributed by atoms with Crippen molar-refractivity contribution in [2.75, 3.05) is 11.9 Å². The molecule has 0 aromatic carbocycles. The van der Waals surface area contributed by atoms with Crippen LogP contribution >= 0.6 is 22.6 Å². The highest BCUT2D eigenvalue weighted by Crippen LogP contribution is 2.44. The van der Waals surface area contributed by atoms with Crippen molar-refractivity contribution in [3.63, 3.8) is 0 Å². The van der Waals surface area contributed by atoms with Crippen LogP contribution < -0.4 is 5.32 Å². The van der Waals surface area contributed by atoms with Crippen molar-refractivity contribution >= 4 is 37.2 Å². The average molecular weight is 419 g/mol. The summed E-state index contributed by atoms with van der Waals surface area (Å²) >= 11 is 2.32. The van der Waals surface area contributed by atoms with Crippen molar-refractivity contribution in [2.24, 2.45) is 0 Å². The Hall–Kier alpha value is -0.173. The summed E-state index contributed by atoms with van der Waals surface area (Å²) in [5.41, 5.74) is 1.04. The second kappa shape index (κ2) is 7.90. The lowest BCUT2D eigenvalue weighted by molar-refractivity contribution is 0.632. The zero-order chi connectivity index (χ0) is 16.1. The molecule has 0 saturated heterocycles. The van der Waals surface area contributed by atoms with E-state index in [2.05, 4.69) is 79.4 Å². The van der Waals surface area contributed by atoms with E-state index in [0.717, 1.165) is 22.5 Å². The summed E-state index contributed by atoms with van der Waals surface area (Å²) in [4.78, 5) is 8.76. The zero-order valence-corrected chi connectivity index (χ0v) is 17.6. The first-order chi connectivity index (χ1) is 9.64. The van der Waals surface area contributed by atoms with Crippen molar-refractivity contribution in [3.05, 3.63) is 18.1 Å². The number of hydrogen-bond donors (Lipinski definition) is 1. The Bertz CT molecular complexity index is 424. The van der Waals surface area contributed by atoms with Crippen LogP contribution in [0.5, 0.6) is 0 Å². The van der Waals surface area contributed by atoms with Crippen LogP contribution in [-0.2, 0) is 4.43 Å². The van der Waals surface area contributed by atoms with Gasteiger partial charge in [-0.1, -0.05) is 70.2 Å². The fourth-order valence-electron chi connectivity index (χ4n) is 3.24. The highest BCUT2D eigenvalue weighted by Gasteiger charge is 2.35. The van der Waals surface area contributed by atoms with Crippen LogP contribution in [0.3, 0.4) is 0 Å². The molecule has 0 saturated carbocycles. The Kier molecular flexibility index (Phi) is 7.10. The number of nitrogens with one attached hydrogen (secondary N) is 1. The summed E-state index contributed by atoms with van der Waals surface area (Å²) in [6, 6.07) is 1.37. The third-order valence-electron chi connectivity index (χ3n) is 3.89. The smallest absolute Gasteiger partial charge is 0.144 e. The summed E-state index contributed by atoms with van der Waals surface area (Å²) in [6.07, 6.45) is 4.87. The van der Waals surface area contributed by atoms with Crippen LogP contribution in [0.2, 0.25) is 16.1 Å². The maximum atomic E-state index is 4.54. The standard InChI is InChI=1S/C16H30IN3Si/c1-15(2,3)21(16(4,5)6)9-7-8-19-14-12-18-11-13(10-17)20-14/h11-12,21H,7-10H2,1-6H3,(H,19,20). The van der Waals surface area contributed by atoms with E-state index in [1.807, 2.05) is 12.4 Å². The molecule has 0 fully saturated rings. The number of hydrogen-bond acceptors (Lipinski definition) is 3. The fourth-order valence-corrected chi connectivity index (χ4v) is 8.55. The molecular formula is C16H30IN3Si. The van der Waals surface area contributed by atoms with Crippen LogP contribution in [0.1, 0.15) is 53.7 Å². The van der Waals surface area contributed by atoms with Gasteiger partial charge in [0.05, 0.1) is 11.9 Å². The maximum Gasteiger partial charge on any atom is 0.144 e. The van der Waals surface area contributed by atoms with Crippen LogP contribution in [0, 0.1) is 0 Å². The molecule has 0 amide bonds. The molecule has 1 N–H and O–H groups in total. The molecule has 0 aliphatic rings. The van der Waals surface area contributed by atoms with Crippen LogP contribution in [0.25, 0.3) is 0 Å². The van der Waals surface area contributed by atoms with E-state index in [-0.39, 0.29) is 0 Å². The third kappa shape index (κ3) is 6.63. The molecule has 0 bridgehead atoms. The maximum absolute atomic E-state index is 4.54. The lowest BCUT2D eigenvalue weighted by Gasteiger charge is -2.39. The number of anilines is 1. The monoisotopic (exact) mass is 419 g/mol. The summed E-state index contributed by atoms with van der Waals surface area (Å²) in [6.45, 7) is 15.5. The number of alkyl halides is 1. The molecule has 1 aromatic heterocycles. The van der Waals surface area contributed by atoms with Crippen molar-refractivity contribution in [2.45, 2.75) is 68.5 Å². The summed E-state index contributed by atoms with van der Waals surface area (Å²) in [5.74, 6) is 0.911. The molecule has 0 atom stereocenters. The summed E-state index contributed by atoms with van der Waals surface area (Å²) in [5, 5.41) is 4.39. The van der Waals surface area contributed by atoms with Gasteiger partial charge in [0.1, 0.15) is 5.82 Å². The summed E-state index contributed by atoms with van der Waals surface area (Å²) in [7, 11) is -0.829. The molecule has 1 rings (SSSR count). The number of rotatable bonds is 6. The minimum atomic E-state index is -0.829. The molecule has 5 heteroatoms. The second-order valence-electron chi connectivity index (χ2n) is 7.88. The van der Waals surface area contributed by atoms with Gasteiger partial charge in [-0.15, -0.1) is 0 Å². The van der Waals surface area contributed by atoms with Crippen molar-refractivity contribution < 1.29 is 0 Å². The van der Waals surface area contributed by atoms with Gasteiger partial charge < -0.3 is 5.32 Å². The Morgan fingerprint density at radius 1 is 1.10 bits per heavy atom. The first-order valence-electron chi connectivity index (χ1n) is 7.75. The van der Waals surface area contributed by atoms with Crippen molar-refractivity contribution in [3.8, 4) is 0 Å². The molecule has 0 unspecified atom stereocenters. The second-order valence-corrected chi connectivity index (χ2v) is 13.8. The molecule has 0 spiro atoms. The normalized spacial score (nSPS) is 12.8. The van der Waals surface area contributed by atoms with E-state index < -0.39 is 8.80 Å². The van der Waals surface area contributed by atoms with Gasteiger partial charge in [-0.25, -0.2) is 4.98 Å². The molecule has 3 nitrogen and oxygen atoms in total. The minimum Gasteiger partial charge on any atom is -0.369 e. The van der Waals surface area contributed by atoms with Gasteiger partial charge >= 0.3 is 0 Å². The van der Waals surface area contributed by atoms with E-state index in [1.54, 1.807) is 0 Å². The van der Waals surface area contributed by atoms with Gasteiger partial charge in [0.2, 0.25) is 0 Å². The molecule has 1 heterocycles. The van der Waals surface area contributed by atoms with E-state index >= 15 is 0 Å². The number of halogens is 1. The average Bonchev–Trinajstić information content (AvgIpc) is 2.35. The predicted octanol–water partition coefficient (Wildman–Crippen LogP) is 5.04. The third-order valence-corrected chi connectivity index (χ3v) is 9.84. The van der Waals surface area contributed by atoms with E-state index in [4.69, 9.17) is 0 Å². The molecule has 1 aromatic rings. The Balaban J connectivity index is 2.48. The van der Waals surface area contributed by atoms with Crippen LogP contribution in [0.15, 0.2) is 12.4 Å². The lowest BCUT2D eigenvalue weighted by Crippen LogP contribution is -2.35. The van der Waals surface area contributed by atoms with Crippen molar-refractivity contribution in [1.82, 2.24) is 9.97 Å². The van der Waals surface area contributed by atoms with Crippen LogP contribution in [-0.4, -0.2) is 25.3 Å². The zero-order valence-electron chi connectivity index (χ0n) is 14.3. The molecule has 0 radical (unpaired) electrons. The largest absolute Gasteiger partial charge is 0.369 e. The van der Waals surface area contributed by atoms with Gasteiger partial charge in [0, 0.05) is 26.0 Å². The SMILES string of the molecule is CC(C)(C)[SiH](CCCNc1cncc(CI)n1)C(C)(C)C. The summed E-state index contributed by atoms with van der Waals surface area (Å²) < 4.78 is 0.906. The van der Waals surface area contributed by atoms with Crippen molar-refractivity contribution in [1.29, 1.82) is 0 Å². The Labute approximate surface area is 145 Å². The van der Waals surface area contributed by atoms with Gasteiger partial charge in [-0.05, 0) is 16.5 Å². The fraction of sp³-hybridized carbons (Fsp3) is 0.750. The lowest BCUT2D eigenvalue weighted by atomic mass is 10.2. The number of aromatic nitrogens is 2. The highest BCUT2D eigenvalue weighted by molar-refractivity contribution is 14.1. The quantitative estimate of drug-likeness (QED) is 0.304. The molecule has 21 heavy (non-hydrogen) atoms.